The van der Waals surface area contributed by atoms with E-state index in [0.717, 1.165) is 17.7 Å². The molecule has 2 heteroatoms. The smallest absolute Gasteiger partial charge is 0.137 e. The minimum absolute atomic E-state index is 0.796. The standard InChI is InChI=1S/C9H11NO/c1-3-4-8-5-9(11-2)7-10-6-8/h3,5-7H,1,4H2,2H3. The van der Waals surface area contributed by atoms with E-state index >= 15 is 0 Å². The summed E-state index contributed by atoms with van der Waals surface area (Å²) in [6.45, 7) is 3.64. The van der Waals surface area contributed by atoms with E-state index in [9.17, 15) is 0 Å². The molecule has 0 radical (unpaired) electrons. The number of rotatable bonds is 3. The highest BCUT2D eigenvalue weighted by atomic mass is 16.5. The summed E-state index contributed by atoms with van der Waals surface area (Å²) in [7, 11) is 1.63. The van der Waals surface area contributed by atoms with Gasteiger partial charge in [-0.05, 0) is 18.1 Å². The lowest BCUT2D eigenvalue weighted by atomic mass is 10.2. The Morgan fingerprint density at radius 1 is 1.64 bits per heavy atom. The Bertz CT molecular complexity index is 245. The lowest BCUT2D eigenvalue weighted by Crippen LogP contribution is -1.87. The number of methoxy groups -OCH3 is 1. The SMILES string of the molecule is C=CCc1cncc(OC)c1. The molecule has 0 bridgehead atoms. The third-order valence-electron chi connectivity index (χ3n) is 1.39. The molecule has 1 rings (SSSR count). The Balaban J connectivity index is 2.82. The second-order valence-electron chi connectivity index (χ2n) is 2.23. The van der Waals surface area contributed by atoms with Crippen LogP contribution in [0.2, 0.25) is 0 Å². The van der Waals surface area contributed by atoms with Crippen molar-refractivity contribution in [3.63, 3.8) is 0 Å². The number of allylic oxidation sites excluding steroid dienone is 1. The van der Waals surface area contributed by atoms with Crippen LogP contribution in [0.3, 0.4) is 0 Å². The van der Waals surface area contributed by atoms with Gasteiger partial charge in [-0.25, -0.2) is 0 Å². The topological polar surface area (TPSA) is 22.1 Å². The lowest BCUT2D eigenvalue weighted by Gasteiger charge is -1.99. The van der Waals surface area contributed by atoms with Crippen LogP contribution in [0, 0.1) is 0 Å². The Labute approximate surface area is 66.5 Å². The van der Waals surface area contributed by atoms with E-state index in [2.05, 4.69) is 11.6 Å². The first-order valence-corrected chi connectivity index (χ1v) is 3.45. The van der Waals surface area contributed by atoms with Crippen molar-refractivity contribution in [2.24, 2.45) is 0 Å². The van der Waals surface area contributed by atoms with Crippen LogP contribution in [0.5, 0.6) is 5.75 Å². The van der Waals surface area contributed by atoms with Gasteiger partial charge in [-0.15, -0.1) is 6.58 Å². The van der Waals surface area contributed by atoms with Gasteiger partial charge in [0.15, 0.2) is 0 Å². The first kappa shape index (κ1) is 7.79. The Hall–Kier alpha value is -1.31. The van der Waals surface area contributed by atoms with Crippen LogP contribution in [0.4, 0.5) is 0 Å². The first-order chi connectivity index (χ1) is 5.36. The molecule has 1 aromatic rings. The van der Waals surface area contributed by atoms with Gasteiger partial charge in [0.25, 0.3) is 0 Å². The van der Waals surface area contributed by atoms with Crippen molar-refractivity contribution >= 4 is 0 Å². The monoisotopic (exact) mass is 149 g/mol. The van der Waals surface area contributed by atoms with E-state index in [4.69, 9.17) is 4.74 Å². The van der Waals surface area contributed by atoms with Crippen molar-refractivity contribution in [1.82, 2.24) is 4.98 Å². The highest BCUT2D eigenvalue weighted by Gasteiger charge is 1.92. The van der Waals surface area contributed by atoms with E-state index < -0.39 is 0 Å². The molecule has 0 fully saturated rings. The molecule has 0 unspecified atom stereocenters. The normalized spacial score (nSPS) is 9.18. The fourth-order valence-corrected chi connectivity index (χ4v) is 0.854. The predicted octanol–water partition coefficient (Wildman–Crippen LogP) is 1.82. The van der Waals surface area contributed by atoms with Gasteiger partial charge in [0.1, 0.15) is 5.75 Å². The third kappa shape index (κ3) is 2.08. The van der Waals surface area contributed by atoms with Gasteiger partial charge in [0.2, 0.25) is 0 Å². The van der Waals surface area contributed by atoms with Gasteiger partial charge >= 0.3 is 0 Å². The number of pyridine rings is 1. The van der Waals surface area contributed by atoms with Gasteiger partial charge in [-0.1, -0.05) is 6.08 Å². The molecule has 0 aliphatic rings. The molecule has 0 N–H and O–H groups in total. The molecule has 1 aromatic heterocycles. The molecule has 58 valence electrons. The van der Waals surface area contributed by atoms with E-state index in [0.29, 0.717) is 0 Å². The van der Waals surface area contributed by atoms with Gasteiger partial charge in [0, 0.05) is 6.20 Å². The van der Waals surface area contributed by atoms with E-state index in [1.165, 1.54) is 0 Å². The fourth-order valence-electron chi connectivity index (χ4n) is 0.854. The molecule has 1 heterocycles. The Kier molecular flexibility index (Phi) is 2.66. The van der Waals surface area contributed by atoms with E-state index in [-0.39, 0.29) is 0 Å². The summed E-state index contributed by atoms with van der Waals surface area (Å²) in [5.74, 6) is 0.796. The molecule has 2 nitrogen and oxygen atoms in total. The highest BCUT2D eigenvalue weighted by molar-refractivity contribution is 5.24. The van der Waals surface area contributed by atoms with Crippen LogP contribution >= 0.6 is 0 Å². The maximum atomic E-state index is 5.00. The number of aromatic nitrogens is 1. The molecule has 11 heavy (non-hydrogen) atoms. The lowest BCUT2D eigenvalue weighted by molar-refractivity contribution is 0.412. The van der Waals surface area contributed by atoms with E-state index in [1.807, 2.05) is 18.3 Å². The number of ether oxygens (including phenoxy) is 1. The number of hydrogen-bond donors (Lipinski definition) is 0. The molecule has 0 saturated carbocycles. The maximum Gasteiger partial charge on any atom is 0.137 e. The van der Waals surface area contributed by atoms with Gasteiger partial charge in [-0.2, -0.15) is 0 Å². The van der Waals surface area contributed by atoms with Gasteiger partial charge < -0.3 is 4.74 Å². The van der Waals surface area contributed by atoms with Crippen molar-refractivity contribution in [3.05, 3.63) is 36.7 Å². The van der Waals surface area contributed by atoms with Gasteiger partial charge in [0.05, 0.1) is 13.3 Å². The zero-order valence-electron chi connectivity index (χ0n) is 6.58. The fraction of sp³-hybridized carbons (Fsp3) is 0.222. The molecule has 0 aromatic carbocycles. The molecule has 0 aliphatic carbocycles. The van der Waals surface area contributed by atoms with Crippen LogP contribution in [0.1, 0.15) is 5.56 Å². The molecular formula is C9H11NO. The number of hydrogen-bond acceptors (Lipinski definition) is 2. The Morgan fingerprint density at radius 2 is 2.45 bits per heavy atom. The van der Waals surface area contributed by atoms with Crippen LogP contribution in [-0.4, -0.2) is 12.1 Å². The quantitative estimate of drug-likeness (QED) is 0.611. The Morgan fingerprint density at radius 3 is 3.09 bits per heavy atom. The van der Waals surface area contributed by atoms with Crippen LogP contribution in [-0.2, 0) is 6.42 Å². The van der Waals surface area contributed by atoms with Crippen molar-refractivity contribution in [2.75, 3.05) is 7.11 Å². The van der Waals surface area contributed by atoms with Crippen molar-refractivity contribution in [1.29, 1.82) is 0 Å². The maximum absolute atomic E-state index is 5.00. The average molecular weight is 149 g/mol. The summed E-state index contributed by atoms with van der Waals surface area (Å²) in [5.41, 5.74) is 1.12. The van der Waals surface area contributed by atoms with Crippen molar-refractivity contribution in [3.8, 4) is 5.75 Å². The average Bonchev–Trinajstić information content (AvgIpc) is 2.06. The summed E-state index contributed by atoms with van der Waals surface area (Å²) < 4.78 is 5.00. The minimum Gasteiger partial charge on any atom is -0.495 e. The molecular weight excluding hydrogens is 138 g/mol. The van der Waals surface area contributed by atoms with Crippen LogP contribution in [0.25, 0.3) is 0 Å². The van der Waals surface area contributed by atoms with Crippen molar-refractivity contribution in [2.45, 2.75) is 6.42 Å². The summed E-state index contributed by atoms with van der Waals surface area (Å²) in [5, 5.41) is 0. The second-order valence-corrected chi connectivity index (χ2v) is 2.23. The largest absolute Gasteiger partial charge is 0.495 e. The second kappa shape index (κ2) is 3.76. The van der Waals surface area contributed by atoms with Crippen molar-refractivity contribution < 1.29 is 4.74 Å². The highest BCUT2D eigenvalue weighted by Crippen LogP contribution is 2.10. The van der Waals surface area contributed by atoms with E-state index in [1.54, 1.807) is 13.3 Å². The molecule has 0 atom stereocenters. The predicted molar refractivity (Wildman–Crippen MR) is 44.7 cm³/mol. The minimum atomic E-state index is 0.796. The zero-order chi connectivity index (χ0) is 8.10. The van der Waals surface area contributed by atoms with Crippen LogP contribution in [0.15, 0.2) is 31.1 Å². The molecule has 0 saturated heterocycles. The van der Waals surface area contributed by atoms with Crippen LogP contribution < -0.4 is 4.74 Å². The molecule has 0 aliphatic heterocycles. The summed E-state index contributed by atoms with van der Waals surface area (Å²) in [6, 6.07) is 1.95. The molecule has 0 amide bonds. The first-order valence-electron chi connectivity index (χ1n) is 3.45. The molecule has 0 spiro atoms. The number of nitrogens with zero attached hydrogens (tertiary/aromatic N) is 1. The summed E-state index contributed by atoms with van der Waals surface area (Å²) in [4.78, 5) is 4.00. The summed E-state index contributed by atoms with van der Waals surface area (Å²) in [6.07, 6.45) is 6.18. The zero-order valence-corrected chi connectivity index (χ0v) is 6.58. The van der Waals surface area contributed by atoms with Gasteiger partial charge in [-0.3, -0.25) is 4.98 Å². The summed E-state index contributed by atoms with van der Waals surface area (Å²) >= 11 is 0. The third-order valence-corrected chi connectivity index (χ3v) is 1.39.